The summed E-state index contributed by atoms with van der Waals surface area (Å²) in [5.74, 6) is -0.313. The van der Waals surface area contributed by atoms with Crippen LogP contribution in [0.15, 0.2) is 42.5 Å². The Labute approximate surface area is 124 Å². The lowest BCUT2D eigenvalue weighted by Gasteiger charge is -2.13. The third-order valence-corrected chi connectivity index (χ3v) is 3.77. The van der Waals surface area contributed by atoms with Crippen LogP contribution in [0.1, 0.15) is 23.1 Å². The molecule has 0 saturated carbocycles. The van der Waals surface area contributed by atoms with Crippen LogP contribution in [0.3, 0.4) is 0 Å². The van der Waals surface area contributed by atoms with Gasteiger partial charge in [0, 0.05) is 11.1 Å². The summed E-state index contributed by atoms with van der Waals surface area (Å²) in [7, 11) is 0. The van der Waals surface area contributed by atoms with E-state index in [4.69, 9.17) is 17.3 Å². The Kier molecular flexibility index (Phi) is 5.16. The summed E-state index contributed by atoms with van der Waals surface area (Å²) in [4.78, 5) is 0. The number of aryl methyl sites for hydroxylation is 2. The Morgan fingerprint density at radius 3 is 2.50 bits per heavy atom. The molecule has 3 heteroatoms. The van der Waals surface area contributed by atoms with E-state index in [1.165, 1.54) is 23.3 Å². The van der Waals surface area contributed by atoms with Gasteiger partial charge in [0.25, 0.3) is 0 Å². The average molecular weight is 292 g/mol. The fourth-order valence-electron chi connectivity index (χ4n) is 2.18. The number of hydrogen-bond donors (Lipinski definition) is 1. The van der Waals surface area contributed by atoms with Crippen molar-refractivity contribution in [2.45, 2.75) is 32.2 Å². The van der Waals surface area contributed by atoms with Crippen molar-refractivity contribution >= 4 is 11.6 Å². The van der Waals surface area contributed by atoms with Crippen molar-refractivity contribution in [1.29, 1.82) is 0 Å². The molecule has 1 unspecified atom stereocenters. The Morgan fingerprint density at radius 1 is 1.15 bits per heavy atom. The third-order valence-electron chi connectivity index (χ3n) is 3.42. The highest BCUT2D eigenvalue weighted by Gasteiger charge is 2.08. The molecule has 0 spiro atoms. The van der Waals surface area contributed by atoms with Crippen molar-refractivity contribution < 1.29 is 4.39 Å². The second kappa shape index (κ2) is 6.87. The van der Waals surface area contributed by atoms with Gasteiger partial charge in [0.05, 0.1) is 0 Å². The molecule has 0 amide bonds. The molecule has 0 aliphatic carbocycles. The van der Waals surface area contributed by atoms with E-state index in [0.29, 0.717) is 11.4 Å². The van der Waals surface area contributed by atoms with Gasteiger partial charge in [-0.2, -0.15) is 0 Å². The molecule has 20 heavy (non-hydrogen) atoms. The summed E-state index contributed by atoms with van der Waals surface area (Å²) in [6.45, 7) is 2.08. The van der Waals surface area contributed by atoms with E-state index in [-0.39, 0.29) is 11.9 Å². The van der Waals surface area contributed by atoms with Gasteiger partial charge >= 0.3 is 0 Å². The molecule has 1 nitrogen and oxygen atoms in total. The van der Waals surface area contributed by atoms with Crippen molar-refractivity contribution in [2.75, 3.05) is 0 Å². The van der Waals surface area contributed by atoms with Crippen molar-refractivity contribution in [3.63, 3.8) is 0 Å². The zero-order valence-corrected chi connectivity index (χ0v) is 12.3. The smallest absolute Gasteiger partial charge is 0.124 e. The van der Waals surface area contributed by atoms with Crippen LogP contribution in [0.4, 0.5) is 4.39 Å². The van der Waals surface area contributed by atoms with E-state index in [9.17, 15) is 4.39 Å². The number of halogens is 2. The van der Waals surface area contributed by atoms with Crippen LogP contribution in [0.5, 0.6) is 0 Å². The van der Waals surface area contributed by atoms with Crippen LogP contribution in [0, 0.1) is 12.7 Å². The van der Waals surface area contributed by atoms with Crippen LogP contribution in [0.25, 0.3) is 0 Å². The van der Waals surface area contributed by atoms with Crippen molar-refractivity contribution in [1.82, 2.24) is 0 Å². The average Bonchev–Trinajstić information content (AvgIpc) is 2.41. The molecule has 0 radical (unpaired) electrons. The predicted octanol–water partition coefficient (Wildman–Crippen LogP) is 4.29. The molecule has 2 aromatic carbocycles. The standard InChI is InChI=1S/C17H19ClFN/c1-12-2-4-13(5-3-12)6-9-16(20)10-14-7-8-15(19)11-17(14)18/h2-5,7-8,11,16H,6,9-10,20H2,1H3. The van der Waals surface area contributed by atoms with E-state index >= 15 is 0 Å². The zero-order valence-electron chi connectivity index (χ0n) is 11.6. The lowest BCUT2D eigenvalue weighted by atomic mass is 9.99. The van der Waals surface area contributed by atoms with Crippen LogP contribution >= 0.6 is 11.6 Å². The summed E-state index contributed by atoms with van der Waals surface area (Å²) in [5, 5.41) is 0.454. The molecule has 2 N–H and O–H groups in total. The van der Waals surface area contributed by atoms with Crippen LogP contribution in [-0.2, 0) is 12.8 Å². The van der Waals surface area contributed by atoms with Crippen LogP contribution in [-0.4, -0.2) is 6.04 Å². The second-order valence-corrected chi connectivity index (χ2v) is 5.63. The lowest BCUT2D eigenvalue weighted by molar-refractivity contribution is 0.605. The number of rotatable bonds is 5. The van der Waals surface area contributed by atoms with Crippen LogP contribution < -0.4 is 5.73 Å². The first kappa shape index (κ1) is 15.0. The van der Waals surface area contributed by atoms with Gasteiger partial charge in [0.2, 0.25) is 0 Å². The highest BCUT2D eigenvalue weighted by molar-refractivity contribution is 6.31. The lowest BCUT2D eigenvalue weighted by Crippen LogP contribution is -2.23. The first-order valence-electron chi connectivity index (χ1n) is 6.79. The molecule has 2 aromatic rings. The molecule has 2 rings (SSSR count). The SMILES string of the molecule is Cc1ccc(CCC(N)Cc2ccc(F)cc2Cl)cc1. The van der Waals surface area contributed by atoms with E-state index in [2.05, 4.69) is 31.2 Å². The van der Waals surface area contributed by atoms with Crippen LogP contribution in [0.2, 0.25) is 5.02 Å². The quantitative estimate of drug-likeness (QED) is 0.874. The Balaban J connectivity index is 1.89. The van der Waals surface area contributed by atoms with Gasteiger partial charge in [-0.15, -0.1) is 0 Å². The van der Waals surface area contributed by atoms with Crippen molar-refractivity contribution in [3.8, 4) is 0 Å². The van der Waals surface area contributed by atoms with Gasteiger partial charge < -0.3 is 5.73 Å². The molecular weight excluding hydrogens is 273 g/mol. The molecule has 0 aliphatic heterocycles. The fraction of sp³-hybridized carbons (Fsp3) is 0.294. The highest BCUT2D eigenvalue weighted by atomic mass is 35.5. The van der Waals surface area contributed by atoms with E-state index in [0.717, 1.165) is 18.4 Å². The molecule has 0 saturated heterocycles. The summed E-state index contributed by atoms with van der Waals surface area (Å²) in [5.41, 5.74) is 9.59. The normalized spacial score (nSPS) is 12.4. The van der Waals surface area contributed by atoms with Gasteiger partial charge in [-0.25, -0.2) is 4.39 Å². The molecule has 0 bridgehead atoms. The van der Waals surface area contributed by atoms with Crippen molar-refractivity contribution in [3.05, 3.63) is 70.0 Å². The summed E-state index contributed by atoms with van der Waals surface area (Å²) in [6.07, 6.45) is 2.50. The predicted molar refractivity (Wildman–Crippen MR) is 82.6 cm³/mol. The minimum Gasteiger partial charge on any atom is -0.327 e. The first-order chi connectivity index (χ1) is 9.54. The number of hydrogen-bond acceptors (Lipinski definition) is 1. The first-order valence-corrected chi connectivity index (χ1v) is 7.17. The maximum Gasteiger partial charge on any atom is 0.124 e. The molecule has 106 valence electrons. The molecule has 0 fully saturated rings. The van der Waals surface area contributed by atoms with Gasteiger partial charge in [-0.05, 0) is 49.4 Å². The van der Waals surface area contributed by atoms with Gasteiger partial charge in [-0.1, -0.05) is 47.5 Å². The second-order valence-electron chi connectivity index (χ2n) is 5.22. The monoisotopic (exact) mass is 291 g/mol. The fourth-order valence-corrected chi connectivity index (χ4v) is 2.42. The Bertz CT molecular complexity index is 566. The molecule has 0 aliphatic rings. The Hall–Kier alpha value is -1.38. The van der Waals surface area contributed by atoms with E-state index in [1.54, 1.807) is 6.07 Å². The van der Waals surface area contributed by atoms with Gasteiger partial charge in [0.1, 0.15) is 5.82 Å². The highest BCUT2D eigenvalue weighted by Crippen LogP contribution is 2.19. The number of benzene rings is 2. The molecule has 1 atom stereocenters. The largest absolute Gasteiger partial charge is 0.327 e. The summed E-state index contributed by atoms with van der Waals surface area (Å²) in [6, 6.07) is 13.0. The summed E-state index contributed by atoms with van der Waals surface area (Å²) < 4.78 is 13.0. The van der Waals surface area contributed by atoms with E-state index < -0.39 is 0 Å². The Morgan fingerprint density at radius 2 is 1.85 bits per heavy atom. The third kappa shape index (κ3) is 4.32. The maximum absolute atomic E-state index is 13.0. The topological polar surface area (TPSA) is 26.0 Å². The minimum atomic E-state index is -0.313. The molecule has 0 aromatic heterocycles. The summed E-state index contributed by atoms with van der Waals surface area (Å²) >= 11 is 6.01. The molecule has 0 heterocycles. The van der Waals surface area contributed by atoms with Crippen molar-refractivity contribution in [2.24, 2.45) is 5.73 Å². The van der Waals surface area contributed by atoms with E-state index in [1.807, 2.05) is 0 Å². The van der Waals surface area contributed by atoms with Gasteiger partial charge in [0.15, 0.2) is 0 Å². The van der Waals surface area contributed by atoms with Gasteiger partial charge in [-0.3, -0.25) is 0 Å². The zero-order chi connectivity index (χ0) is 14.5. The number of nitrogens with two attached hydrogens (primary N) is 1. The minimum absolute atomic E-state index is 0.0271. The molecular formula is C17H19ClFN. The maximum atomic E-state index is 13.0.